The van der Waals surface area contributed by atoms with E-state index in [1.54, 1.807) is 0 Å². The van der Waals surface area contributed by atoms with Crippen molar-refractivity contribution in [2.45, 2.75) is 51.9 Å². The molecule has 2 atom stereocenters. The van der Waals surface area contributed by atoms with E-state index >= 15 is 0 Å². The number of hydrogen-bond donors (Lipinski definition) is 1. The van der Waals surface area contributed by atoms with Gasteiger partial charge in [-0.3, -0.25) is 9.80 Å². The first-order valence-corrected chi connectivity index (χ1v) is 7.88. The van der Waals surface area contributed by atoms with Crippen LogP contribution in [0.4, 0.5) is 0 Å². The van der Waals surface area contributed by atoms with Gasteiger partial charge in [0.2, 0.25) is 0 Å². The van der Waals surface area contributed by atoms with Gasteiger partial charge in [0.1, 0.15) is 11.5 Å². The summed E-state index contributed by atoms with van der Waals surface area (Å²) in [5, 5.41) is 3.20. The molecule has 4 heteroatoms. The molecule has 0 radical (unpaired) electrons. The maximum absolute atomic E-state index is 5.93. The Kier molecular flexibility index (Phi) is 4.15. The lowest BCUT2D eigenvalue weighted by molar-refractivity contribution is 0.0492. The number of aryl methyl sites for hydroxylation is 1. The highest BCUT2D eigenvalue weighted by atomic mass is 16.3. The molecule has 0 aromatic carbocycles. The molecule has 112 valence electrons. The highest BCUT2D eigenvalue weighted by molar-refractivity contribution is 5.20. The monoisotopic (exact) mass is 277 g/mol. The average Bonchev–Trinajstić information content (AvgIpc) is 2.98. The summed E-state index contributed by atoms with van der Waals surface area (Å²) in [6, 6.07) is 3.63. The average molecular weight is 277 g/mol. The first kappa shape index (κ1) is 14.1. The minimum atomic E-state index is 0.627. The molecule has 4 nitrogen and oxygen atoms in total. The normalized spacial score (nSPS) is 27.9. The van der Waals surface area contributed by atoms with Crippen LogP contribution in [0.15, 0.2) is 10.5 Å². The molecule has 0 amide bonds. The van der Waals surface area contributed by atoms with Crippen LogP contribution in [0.5, 0.6) is 0 Å². The van der Waals surface area contributed by atoms with Gasteiger partial charge in [0.15, 0.2) is 0 Å². The van der Waals surface area contributed by atoms with Crippen molar-refractivity contribution in [2.75, 3.05) is 26.7 Å². The van der Waals surface area contributed by atoms with E-state index in [9.17, 15) is 0 Å². The van der Waals surface area contributed by atoms with E-state index in [2.05, 4.69) is 35.0 Å². The van der Waals surface area contributed by atoms with E-state index in [4.69, 9.17) is 4.42 Å². The highest BCUT2D eigenvalue weighted by Gasteiger charge is 2.34. The third-order valence-corrected chi connectivity index (χ3v) is 4.86. The standard InChI is InChI=1S/C16H27N3O/c1-12-9-18-6-4-5-15(18)10-19(12)11-16-7-14(8-17-3)13(2)20-16/h7,12,15,17H,4-6,8-11H2,1-3H3. The molecule has 0 aliphatic carbocycles. The topological polar surface area (TPSA) is 31.6 Å². The van der Waals surface area contributed by atoms with Crippen molar-refractivity contribution < 1.29 is 4.42 Å². The number of nitrogens with zero attached hydrogens (tertiary/aromatic N) is 2. The molecule has 2 aliphatic rings. The number of furan rings is 1. The largest absolute Gasteiger partial charge is 0.465 e. The van der Waals surface area contributed by atoms with Gasteiger partial charge >= 0.3 is 0 Å². The van der Waals surface area contributed by atoms with Crippen LogP contribution in [0.3, 0.4) is 0 Å². The van der Waals surface area contributed by atoms with Gasteiger partial charge in [-0.25, -0.2) is 0 Å². The van der Waals surface area contributed by atoms with Gasteiger partial charge in [0.25, 0.3) is 0 Å². The molecular weight excluding hydrogens is 250 g/mol. The Morgan fingerprint density at radius 2 is 2.25 bits per heavy atom. The molecular formula is C16H27N3O. The Hall–Kier alpha value is -0.840. The first-order chi connectivity index (χ1) is 9.67. The number of fused-ring (bicyclic) bond motifs is 1. The van der Waals surface area contributed by atoms with Crippen molar-refractivity contribution in [3.8, 4) is 0 Å². The summed E-state index contributed by atoms with van der Waals surface area (Å²) in [7, 11) is 1.98. The summed E-state index contributed by atoms with van der Waals surface area (Å²) in [5.74, 6) is 2.17. The van der Waals surface area contributed by atoms with Crippen LogP contribution in [0, 0.1) is 6.92 Å². The summed E-state index contributed by atoms with van der Waals surface area (Å²) in [4.78, 5) is 5.26. The summed E-state index contributed by atoms with van der Waals surface area (Å²) >= 11 is 0. The fourth-order valence-corrected chi connectivity index (χ4v) is 3.70. The van der Waals surface area contributed by atoms with Crippen molar-refractivity contribution in [3.05, 3.63) is 23.2 Å². The second-order valence-corrected chi connectivity index (χ2v) is 6.39. The third kappa shape index (κ3) is 2.78. The van der Waals surface area contributed by atoms with Crippen LogP contribution in [0.25, 0.3) is 0 Å². The van der Waals surface area contributed by atoms with Gasteiger partial charge in [-0.15, -0.1) is 0 Å². The van der Waals surface area contributed by atoms with E-state index < -0.39 is 0 Å². The maximum Gasteiger partial charge on any atom is 0.118 e. The van der Waals surface area contributed by atoms with Gasteiger partial charge < -0.3 is 9.73 Å². The van der Waals surface area contributed by atoms with E-state index in [0.29, 0.717) is 6.04 Å². The molecule has 1 N–H and O–H groups in total. The van der Waals surface area contributed by atoms with E-state index in [1.165, 1.54) is 38.0 Å². The van der Waals surface area contributed by atoms with Crippen molar-refractivity contribution in [2.24, 2.45) is 0 Å². The molecule has 3 heterocycles. The minimum Gasteiger partial charge on any atom is -0.465 e. The lowest BCUT2D eigenvalue weighted by Crippen LogP contribution is -2.54. The molecule has 2 aliphatic heterocycles. The van der Waals surface area contributed by atoms with Gasteiger partial charge in [-0.05, 0) is 46.3 Å². The van der Waals surface area contributed by atoms with Gasteiger partial charge in [0.05, 0.1) is 6.54 Å². The lowest BCUT2D eigenvalue weighted by atomic mass is 10.1. The SMILES string of the molecule is CNCc1cc(CN2CC3CCCN3CC2C)oc1C. The Morgan fingerprint density at radius 3 is 3.05 bits per heavy atom. The minimum absolute atomic E-state index is 0.627. The zero-order valence-electron chi connectivity index (χ0n) is 13.0. The molecule has 0 saturated carbocycles. The van der Waals surface area contributed by atoms with E-state index in [-0.39, 0.29) is 0 Å². The third-order valence-electron chi connectivity index (χ3n) is 4.86. The number of nitrogens with one attached hydrogen (secondary N) is 1. The zero-order chi connectivity index (χ0) is 14.1. The molecule has 0 bridgehead atoms. The molecule has 1 aromatic heterocycles. The van der Waals surface area contributed by atoms with Gasteiger partial charge in [-0.2, -0.15) is 0 Å². The van der Waals surface area contributed by atoms with Crippen molar-refractivity contribution in [1.82, 2.24) is 15.1 Å². The Balaban J connectivity index is 1.66. The Bertz CT molecular complexity index is 457. The predicted octanol–water partition coefficient (Wildman–Crippen LogP) is 1.98. The fourth-order valence-electron chi connectivity index (χ4n) is 3.70. The molecule has 20 heavy (non-hydrogen) atoms. The number of hydrogen-bond acceptors (Lipinski definition) is 4. The summed E-state index contributed by atoms with van der Waals surface area (Å²) < 4.78 is 5.93. The first-order valence-electron chi connectivity index (χ1n) is 7.88. The van der Waals surface area contributed by atoms with Crippen molar-refractivity contribution in [3.63, 3.8) is 0 Å². The molecule has 3 rings (SSSR count). The second-order valence-electron chi connectivity index (χ2n) is 6.39. The maximum atomic E-state index is 5.93. The van der Waals surface area contributed by atoms with E-state index in [0.717, 1.165) is 30.7 Å². The van der Waals surface area contributed by atoms with Crippen LogP contribution >= 0.6 is 0 Å². The van der Waals surface area contributed by atoms with Crippen molar-refractivity contribution in [1.29, 1.82) is 0 Å². The van der Waals surface area contributed by atoms with Crippen molar-refractivity contribution >= 4 is 0 Å². The summed E-state index contributed by atoms with van der Waals surface area (Å²) in [5.41, 5.74) is 1.29. The van der Waals surface area contributed by atoms with Gasteiger partial charge in [0, 0.05) is 37.3 Å². The van der Waals surface area contributed by atoms with Crippen LogP contribution in [0.2, 0.25) is 0 Å². The molecule has 2 unspecified atom stereocenters. The van der Waals surface area contributed by atoms with E-state index in [1.807, 2.05) is 7.05 Å². The molecule has 2 fully saturated rings. The Labute approximate surface area is 122 Å². The summed E-state index contributed by atoms with van der Waals surface area (Å²) in [6.45, 7) is 9.97. The quantitative estimate of drug-likeness (QED) is 0.912. The van der Waals surface area contributed by atoms with Crippen LogP contribution in [0.1, 0.15) is 36.8 Å². The van der Waals surface area contributed by atoms with Crippen LogP contribution in [-0.4, -0.2) is 48.6 Å². The highest BCUT2D eigenvalue weighted by Crippen LogP contribution is 2.26. The summed E-state index contributed by atoms with van der Waals surface area (Å²) in [6.07, 6.45) is 2.74. The van der Waals surface area contributed by atoms with Gasteiger partial charge in [-0.1, -0.05) is 0 Å². The number of rotatable bonds is 4. The second kappa shape index (κ2) is 5.88. The lowest BCUT2D eigenvalue weighted by Gasteiger charge is -2.41. The fraction of sp³-hybridized carbons (Fsp3) is 0.750. The Morgan fingerprint density at radius 1 is 1.40 bits per heavy atom. The van der Waals surface area contributed by atoms with Crippen LogP contribution < -0.4 is 5.32 Å². The molecule has 1 aromatic rings. The number of piperazine rings is 1. The molecule has 2 saturated heterocycles. The zero-order valence-corrected chi connectivity index (χ0v) is 13.0. The van der Waals surface area contributed by atoms with Crippen LogP contribution in [-0.2, 0) is 13.1 Å². The molecule has 0 spiro atoms. The predicted molar refractivity (Wildman–Crippen MR) is 80.7 cm³/mol. The smallest absolute Gasteiger partial charge is 0.118 e.